The second kappa shape index (κ2) is 2.60. The van der Waals surface area contributed by atoms with Crippen LogP contribution in [0.1, 0.15) is 5.01 Å². The molecule has 0 fully saturated rings. The average Bonchev–Trinajstić information content (AvgIpc) is 2.46. The van der Waals surface area contributed by atoms with Gasteiger partial charge in [-0.3, -0.25) is 0 Å². The zero-order valence-electron chi connectivity index (χ0n) is 5.82. The van der Waals surface area contributed by atoms with Gasteiger partial charge >= 0.3 is 0 Å². The Bertz CT molecular complexity index is 334. The van der Waals surface area contributed by atoms with Crippen LogP contribution in [0.15, 0.2) is 24.3 Å². The summed E-state index contributed by atoms with van der Waals surface area (Å²) in [5.41, 5.74) is 6.36. The van der Waals surface area contributed by atoms with Crippen molar-refractivity contribution in [2.75, 3.05) is 0 Å². The zero-order chi connectivity index (χ0) is 7.68. The van der Waals surface area contributed by atoms with Crippen LogP contribution in [0.5, 0.6) is 0 Å². The van der Waals surface area contributed by atoms with Gasteiger partial charge in [-0.15, -0.1) is 11.3 Å². The van der Waals surface area contributed by atoms with Crippen LogP contribution in [0.3, 0.4) is 0 Å². The molecule has 3 heteroatoms. The fraction of sp³-hybridized carbons (Fsp3) is 0. The van der Waals surface area contributed by atoms with Gasteiger partial charge in [0, 0.05) is 0 Å². The highest BCUT2D eigenvalue weighted by Gasteiger charge is 1.99. The third kappa shape index (κ3) is 1.13. The van der Waals surface area contributed by atoms with Crippen LogP contribution < -0.4 is 5.73 Å². The first-order valence-electron chi connectivity index (χ1n) is 3.30. The van der Waals surface area contributed by atoms with Crippen molar-refractivity contribution in [1.29, 1.82) is 0 Å². The smallest absolute Gasteiger partial charge is 0.113 e. The summed E-state index contributed by atoms with van der Waals surface area (Å²) in [6.07, 6.45) is 0. The molecule has 0 atom stereocenters. The van der Waals surface area contributed by atoms with Gasteiger partial charge in [0.05, 0.1) is 16.8 Å². The van der Waals surface area contributed by atoms with Crippen LogP contribution in [0, 0.1) is 6.54 Å². The SMILES string of the molecule is N[CH]c1nc2ccccc2s1. The lowest BCUT2D eigenvalue weighted by atomic mass is 10.3. The van der Waals surface area contributed by atoms with Crippen molar-refractivity contribution in [2.24, 2.45) is 5.73 Å². The number of fused-ring (bicyclic) bond motifs is 1. The largest absolute Gasteiger partial charge is 0.320 e. The molecule has 0 aliphatic heterocycles. The highest BCUT2D eigenvalue weighted by molar-refractivity contribution is 7.18. The molecule has 0 unspecified atom stereocenters. The monoisotopic (exact) mass is 163 g/mol. The van der Waals surface area contributed by atoms with Crippen molar-refractivity contribution >= 4 is 21.6 Å². The van der Waals surface area contributed by atoms with Crippen molar-refractivity contribution in [1.82, 2.24) is 4.98 Å². The van der Waals surface area contributed by atoms with E-state index in [1.54, 1.807) is 11.3 Å². The van der Waals surface area contributed by atoms with Crippen molar-refractivity contribution in [2.45, 2.75) is 0 Å². The first-order chi connectivity index (χ1) is 5.40. The molecule has 0 aliphatic carbocycles. The van der Waals surface area contributed by atoms with Gasteiger partial charge in [-0.25, -0.2) is 4.98 Å². The summed E-state index contributed by atoms with van der Waals surface area (Å²) >= 11 is 1.61. The van der Waals surface area contributed by atoms with E-state index in [9.17, 15) is 0 Å². The van der Waals surface area contributed by atoms with E-state index >= 15 is 0 Å². The number of aromatic nitrogens is 1. The van der Waals surface area contributed by atoms with E-state index < -0.39 is 0 Å². The molecule has 55 valence electrons. The maximum Gasteiger partial charge on any atom is 0.113 e. The second-order valence-corrected chi connectivity index (χ2v) is 3.25. The van der Waals surface area contributed by atoms with Crippen LogP contribution in [-0.2, 0) is 0 Å². The molecule has 2 rings (SSSR count). The standard InChI is InChI=1S/C8H7N2S/c9-5-8-10-6-3-1-2-4-7(6)11-8/h1-5H,9H2. The Morgan fingerprint density at radius 3 is 2.91 bits per heavy atom. The third-order valence-electron chi connectivity index (χ3n) is 1.45. The van der Waals surface area contributed by atoms with Crippen LogP contribution >= 0.6 is 11.3 Å². The summed E-state index contributed by atoms with van der Waals surface area (Å²) in [7, 11) is 0. The fourth-order valence-corrected chi connectivity index (χ4v) is 1.76. The summed E-state index contributed by atoms with van der Waals surface area (Å²) < 4.78 is 1.18. The molecular weight excluding hydrogens is 156 g/mol. The van der Waals surface area contributed by atoms with E-state index in [0.29, 0.717) is 0 Å². The van der Waals surface area contributed by atoms with Crippen molar-refractivity contribution in [3.63, 3.8) is 0 Å². The normalized spacial score (nSPS) is 10.6. The zero-order valence-corrected chi connectivity index (χ0v) is 6.64. The van der Waals surface area contributed by atoms with Gasteiger partial charge in [0.15, 0.2) is 0 Å². The molecule has 0 bridgehead atoms. The molecule has 0 aliphatic rings. The Kier molecular flexibility index (Phi) is 1.60. The topological polar surface area (TPSA) is 38.9 Å². The summed E-state index contributed by atoms with van der Waals surface area (Å²) in [6.45, 7) is 1.53. The van der Waals surface area contributed by atoms with Gasteiger partial charge in [-0.05, 0) is 12.1 Å². The second-order valence-electron chi connectivity index (χ2n) is 2.19. The summed E-state index contributed by atoms with van der Waals surface area (Å²) in [6, 6.07) is 8.00. The maximum atomic E-state index is 5.34. The molecule has 2 nitrogen and oxygen atoms in total. The minimum absolute atomic E-state index is 0.881. The quantitative estimate of drug-likeness (QED) is 0.695. The van der Waals surface area contributed by atoms with Crippen molar-refractivity contribution < 1.29 is 0 Å². The number of hydrogen-bond acceptors (Lipinski definition) is 3. The van der Waals surface area contributed by atoms with Crippen LogP contribution in [0.2, 0.25) is 0 Å². The Balaban J connectivity index is 2.69. The number of nitrogens with zero attached hydrogens (tertiary/aromatic N) is 1. The molecule has 1 aromatic heterocycles. The lowest BCUT2D eigenvalue weighted by molar-refractivity contribution is 1.29. The number of para-hydroxylation sites is 1. The molecule has 11 heavy (non-hydrogen) atoms. The Hall–Kier alpha value is -0.930. The number of nitrogens with two attached hydrogens (primary N) is 1. The molecule has 2 aromatic rings. The van der Waals surface area contributed by atoms with E-state index in [0.717, 1.165) is 10.5 Å². The summed E-state index contributed by atoms with van der Waals surface area (Å²) in [4.78, 5) is 4.27. The minimum atomic E-state index is 0.881. The Labute approximate surface area is 68.7 Å². The molecule has 0 saturated heterocycles. The lowest BCUT2D eigenvalue weighted by Gasteiger charge is -1.80. The highest BCUT2D eigenvalue weighted by atomic mass is 32.1. The maximum absolute atomic E-state index is 5.34. The third-order valence-corrected chi connectivity index (χ3v) is 2.45. The minimum Gasteiger partial charge on any atom is -0.320 e. The number of benzene rings is 1. The van der Waals surface area contributed by atoms with Gasteiger partial charge < -0.3 is 5.73 Å². The molecule has 0 saturated carbocycles. The summed E-state index contributed by atoms with van der Waals surface area (Å²) in [5.74, 6) is 0. The number of thiazole rings is 1. The van der Waals surface area contributed by atoms with E-state index in [1.807, 2.05) is 24.3 Å². The molecule has 0 amide bonds. The highest BCUT2D eigenvalue weighted by Crippen LogP contribution is 2.20. The van der Waals surface area contributed by atoms with E-state index in [1.165, 1.54) is 11.2 Å². The number of rotatable bonds is 1. The average molecular weight is 163 g/mol. The van der Waals surface area contributed by atoms with Crippen LogP contribution in [-0.4, -0.2) is 4.98 Å². The van der Waals surface area contributed by atoms with Crippen LogP contribution in [0.25, 0.3) is 10.2 Å². The van der Waals surface area contributed by atoms with Crippen molar-refractivity contribution in [3.8, 4) is 0 Å². The lowest BCUT2D eigenvalue weighted by Crippen LogP contribution is -1.89. The molecule has 2 N–H and O–H groups in total. The number of hydrogen-bond donors (Lipinski definition) is 1. The summed E-state index contributed by atoms with van der Waals surface area (Å²) in [5, 5.41) is 0.881. The molecule has 1 heterocycles. The van der Waals surface area contributed by atoms with Gasteiger partial charge in [0.1, 0.15) is 5.01 Å². The fourth-order valence-electron chi connectivity index (χ4n) is 0.961. The molecule has 1 radical (unpaired) electrons. The molecular formula is C8H7N2S. The first kappa shape index (κ1) is 6.76. The van der Waals surface area contributed by atoms with Crippen molar-refractivity contribution in [3.05, 3.63) is 35.8 Å². The van der Waals surface area contributed by atoms with Gasteiger partial charge in [-0.1, -0.05) is 12.1 Å². The first-order valence-corrected chi connectivity index (χ1v) is 4.12. The van der Waals surface area contributed by atoms with Gasteiger partial charge in [-0.2, -0.15) is 0 Å². The molecule has 0 spiro atoms. The predicted octanol–water partition coefficient (Wildman–Crippen LogP) is 1.76. The van der Waals surface area contributed by atoms with E-state index in [-0.39, 0.29) is 0 Å². The van der Waals surface area contributed by atoms with Gasteiger partial charge in [0.2, 0.25) is 0 Å². The van der Waals surface area contributed by atoms with Crippen LogP contribution in [0.4, 0.5) is 0 Å². The molecule has 1 aromatic carbocycles. The van der Waals surface area contributed by atoms with E-state index in [4.69, 9.17) is 5.73 Å². The predicted molar refractivity (Wildman–Crippen MR) is 47.2 cm³/mol. The van der Waals surface area contributed by atoms with E-state index in [2.05, 4.69) is 4.98 Å². The Morgan fingerprint density at radius 2 is 2.18 bits per heavy atom. The Morgan fingerprint density at radius 1 is 1.36 bits per heavy atom. The van der Waals surface area contributed by atoms with Gasteiger partial charge in [0.25, 0.3) is 0 Å².